The van der Waals surface area contributed by atoms with Crippen LogP contribution < -0.4 is 4.74 Å². The Kier molecular flexibility index (Phi) is 5.97. The highest BCUT2D eigenvalue weighted by Gasteiger charge is 2.07. The average molecular weight is 259 g/mol. The van der Waals surface area contributed by atoms with Gasteiger partial charge in [0, 0.05) is 12.2 Å². The Morgan fingerprint density at radius 1 is 1.47 bits per heavy atom. The van der Waals surface area contributed by atoms with Gasteiger partial charge in [-0.25, -0.2) is 0 Å². The van der Waals surface area contributed by atoms with Crippen molar-refractivity contribution in [1.82, 2.24) is 0 Å². The molecular formula is C12H15ClO4. The fraction of sp³-hybridized carbons (Fsp3) is 0.417. The van der Waals surface area contributed by atoms with Crippen LogP contribution in [0.1, 0.15) is 17.3 Å². The molecule has 0 aliphatic carbocycles. The highest BCUT2D eigenvalue weighted by atomic mass is 35.5. The summed E-state index contributed by atoms with van der Waals surface area (Å²) in [5.41, 5.74) is 0.484. The van der Waals surface area contributed by atoms with E-state index < -0.39 is 6.10 Å². The van der Waals surface area contributed by atoms with Gasteiger partial charge in [-0.05, 0) is 25.1 Å². The van der Waals surface area contributed by atoms with E-state index in [0.29, 0.717) is 29.2 Å². The van der Waals surface area contributed by atoms with Crippen LogP contribution in [0.3, 0.4) is 0 Å². The van der Waals surface area contributed by atoms with Crippen molar-refractivity contribution >= 4 is 17.9 Å². The van der Waals surface area contributed by atoms with Gasteiger partial charge in [-0.2, -0.15) is 0 Å². The smallest absolute Gasteiger partial charge is 0.150 e. The molecule has 0 radical (unpaired) electrons. The summed E-state index contributed by atoms with van der Waals surface area (Å²) in [6.07, 6.45) is 0.0105. The zero-order valence-electron chi connectivity index (χ0n) is 9.56. The van der Waals surface area contributed by atoms with E-state index in [4.69, 9.17) is 21.1 Å². The van der Waals surface area contributed by atoms with Gasteiger partial charge in [0.2, 0.25) is 0 Å². The van der Waals surface area contributed by atoms with Gasteiger partial charge in [0.1, 0.15) is 24.7 Å². The number of hydrogen-bond donors (Lipinski definition) is 1. The lowest BCUT2D eigenvalue weighted by Crippen LogP contribution is -2.23. The number of aliphatic hydroxyl groups is 1. The van der Waals surface area contributed by atoms with E-state index in [1.165, 1.54) is 6.07 Å². The number of carbonyl (C=O) groups is 1. The highest BCUT2D eigenvalue weighted by Crippen LogP contribution is 2.24. The van der Waals surface area contributed by atoms with Gasteiger partial charge in [-0.15, -0.1) is 0 Å². The minimum atomic E-state index is -0.697. The first-order chi connectivity index (χ1) is 8.17. The first-order valence-corrected chi connectivity index (χ1v) is 5.68. The standard InChI is InChI=1S/C12H15ClO4/c1-2-16-7-10(15)8-17-12-4-3-9(6-14)5-11(12)13/h3-6,10,15H,2,7-8H2,1H3. The lowest BCUT2D eigenvalue weighted by Gasteiger charge is -2.13. The molecule has 1 atom stereocenters. The Hall–Kier alpha value is -1.10. The molecule has 1 N–H and O–H groups in total. The minimum Gasteiger partial charge on any atom is -0.489 e. The summed E-state index contributed by atoms with van der Waals surface area (Å²) in [6.45, 7) is 2.72. The van der Waals surface area contributed by atoms with Gasteiger partial charge in [-0.1, -0.05) is 11.6 Å². The van der Waals surface area contributed by atoms with E-state index in [1.807, 2.05) is 6.92 Å². The third kappa shape index (κ3) is 4.73. The van der Waals surface area contributed by atoms with Crippen molar-refractivity contribution < 1.29 is 19.4 Å². The number of carbonyl (C=O) groups excluding carboxylic acids is 1. The fourth-order valence-electron chi connectivity index (χ4n) is 1.20. The molecule has 0 fully saturated rings. The number of benzene rings is 1. The van der Waals surface area contributed by atoms with E-state index in [0.717, 1.165) is 0 Å². The van der Waals surface area contributed by atoms with Crippen molar-refractivity contribution in [2.45, 2.75) is 13.0 Å². The van der Waals surface area contributed by atoms with Crippen molar-refractivity contribution in [2.75, 3.05) is 19.8 Å². The number of aliphatic hydroxyl groups excluding tert-OH is 1. The Labute approximate surface area is 105 Å². The zero-order chi connectivity index (χ0) is 12.7. The monoisotopic (exact) mass is 258 g/mol. The van der Waals surface area contributed by atoms with Crippen LogP contribution in [0.4, 0.5) is 0 Å². The van der Waals surface area contributed by atoms with Crippen LogP contribution >= 0.6 is 11.6 Å². The lowest BCUT2D eigenvalue weighted by atomic mass is 10.2. The van der Waals surface area contributed by atoms with E-state index in [9.17, 15) is 9.90 Å². The van der Waals surface area contributed by atoms with Crippen LogP contribution in [0.25, 0.3) is 0 Å². The highest BCUT2D eigenvalue weighted by molar-refractivity contribution is 6.32. The first-order valence-electron chi connectivity index (χ1n) is 5.30. The maximum absolute atomic E-state index is 10.5. The molecule has 0 amide bonds. The molecule has 94 valence electrons. The van der Waals surface area contributed by atoms with Crippen molar-refractivity contribution in [3.63, 3.8) is 0 Å². The Bertz CT molecular complexity index is 368. The SMILES string of the molecule is CCOCC(O)COc1ccc(C=O)cc1Cl. The summed E-state index contributed by atoms with van der Waals surface area (Å²) >= 11 is 5.90. The second-order valence-electron chi connectivity index (χ2n) is 3.43. The van der Waals surface area contributed by atoms with E-state index >= 15 is 0 Å². The first kappa shape index (κ1) is 14.0. The normalized spacial score (nSPS) is 12.2. The third-order valence-corrected chi connectivity index (χ3v) is 2.33. The molecule has 17 heavy (non-hydrogen) atoms. The molecular weight excluding hydrogens is 244 g/mol. The average Bonchev–Trinajstić information content (AvgIpc) is 2.34. The second kappa shape index (κ2) is 7.27. The van der Waals surface area contributed by atoms with Gasteiger partial charge in [-0.3, -0.25) is 4.79 Å². The van der Waals surface area contributed by atoms with Crippen LogP contribution in [-0.4, -0.2) is 37.3 Å². The summed E-state index contributed by atoms with van der Waals surface area (Å²) in [5, 5.41) is 9.83. The summed E-state index contributed by atoms with van der Waals surface area (Å²) < 4.78 is 10.4. The van der Waals surface area contributed by atoms with Crippen LogP contribution in [0, 0.1) is 0 Å². The van der Waals surface area contributed by atoms with Gasteiger partial charge >= 0.3 is 0 Å². The number of hydrogen-bond acceptors (Lipinski definition) is 4. The number of halogens is 1. The van der Waals surface area contributed by atoms with Crippen LogP contribution in [0.15, 0.2) is 18.2 Å². The third-order valence-electron chi connectivity index (χ3n) is 2.04. The maximum atomic E-state index is 10.5. The predicted molar refractivity (Wildman–Crippen MR) is 64.8 cm³/mol. The largest absolute Gasteiger partial charge is 0.489 e. The van der Waals surface area contributed by atoms with Crippen LogP contribution in [0.5, 0.6) is 5.75 Å². The molecule has 1 rings (SSSR count). The summed E-state index contributed by atoms with van der Waals surface area (Å²) in [6, 6.07) is 4.71. The summed E-state index contributed by atoms with van der Waals surface area (Å²) in [7, 11) is 0. The summed E-state index contributed by atoms with van der Waals surface area (Å²) in [4.78, 5) is 10.5. The molecule has 1 unspecified atom stereocenters. The van der Waals surface area contributed by atoms with Crippen LogP contribution in [-0.2, 0) is 4.74 Å². The molecule has 0 bridgehead atoms. The number of rotatable bonds is 7. The Balaban J connectivity index is 2.48. The molecule has 0 aliphatic heterocycles. The molecule has 1 aromatic carbocycles. The van der Waals surface area contributed by atoms with E-state index in [2.05, 4.69) is 0 Å². The van der Waals surface area contributed by atoms with E-state index in [1.54, 1.807) is 12.1 Å². The topological polar surface area (TPSA) is 55.8 Å². The van der Waals surface area contributed by atoms with Crippen molar-refractivity contribution in [2.24, 2.45) is 0 Å². The minimum absolute atomic E-state index is 0.0974. The Morgan fingerprint density at radius 3 is 2.82 bits per heavy atom. The predicted octanol–water partition coefficient (Wildman–Crippen LogP) is 1.93. The maximum Gasteiger partial charge on any atom is 0.150 e. The number of aldehydes is 1. The molecule has 5 heteroatoms. The molecule has 4 nitrogen and oxygen atoms in total. The molecule has 0 aliphatic rings. The fourth-order valence-corrected chi connectivity index (χ4v) is 1.44. The molecule has 0 saturated carbocycles. The molecule has 1 aromatic rings. The zero-order valence-corrected chi connectivity index (χ0v) is 10.3. The summed E-state index contributed by atoms with van der Waals surface area (Å²) in [5.74, 6) is 0.438. The van der Waals surface area contributed by atoms with Crippen molar-refractivity contribution in [3.05, 3.63) is 28.8 Å². The molecule has 0 saturated heterocycles. The van der Waals surface area contributed by atoms with Gasteiger partial charge in [0.05, 0.1) is 11.6 Å². The van der Waals surface area contributed by atoms with Crippen molar-refractivity contribution in [1.29, 1.82) is 0 Å². The van der Waals surface area contributed by atoms with Crippen molar-refractivity contribution in [3.8, 4) is 5.75 Å². The molecule has 0 aromatic heterocycles. The molecule has 0 heterocycles. The number of ether oxygens (including phenoxy) is 2. The van der Waals surface area contributed by atoms with Crippen LogP contribution in [0.2, 0.25) is 5.02 Å². The van der Waals surface area contributed by atoms with E-state index in [-0.39, 0.29) is 13.2 Å². The van der Waals surface area contributed by atoms with Gasteiger partial charge in [0.15, 0.2) is 0 Å². The Morgan fingerprint density at radius 2 is 2.24 bits per heavy atom. The lowest BCUT2D eigenvalue weighted by molar-refractivity contribution is 0.0164. The second-order valence-corrected chi connectivity index (χ2v) is 3.84. The quantitative estimate of drug-likeness (QED) is 0.760. The molecule has 0 spiro atoms. The van der Waals surface area contributed by atoms with Gasteiger partial charge in [0.25, 0.3) is 0 Å². The van der Waals surface area contributed by atoms with Gasteiger partial charge < -0.3 is 14.6 Å².